The molecule has 0 aliphatic heterocycles. The zero-order valence-electron chi connectivity index (χ0n) is 36.6. The van der Waals surface area contributed by atoms with E-state index in [1.165, 1.54) is 92.6 Å². The average Bonchev–Trinajstić information content (AvgIpc) is 3.96. The summed E-state index contributed by atoms with van der Waals surface area (Å²) < 4.78 is 5.04. The zero-order chi connectivity index (χ0) is 41.9. The first-order chi connectivity index (χ1) is 29.2. The normalized spacial score (nSPS) is 13.3. The molecule has 0 spiro atoms. The van der Waals surface area contributed by atoms with Gasteiger partial charge in [0, 0.05) is 54.5 Å². The number of para-hydroxylation sites is 2. The minimum Gasteiger partial charge on any atom is -0.308 e. The standard InChI is InChI=1S/C57H50N4/c1-55(2,3)34-24-25-45-40(27-34)41-28-35(56(4,5)6)29-44-49-47(60(45)51(41)44)32-58-54-50(49)42-26-33-18-16-17-23-39(33)48-43-30-36(57(7,8)9)31-46(52(43)61(54)53(42)48)59(37-19-12-10-13-20-37)38-21-14-11-15-22-38/h10-32H,1-9H3. The van der Waals surface area contributed by atoms with Crippen molar-refractivity contribution < 1.29 is 0 Å². The van der Waals surface area contributed by atoms with Crippen LogP contribution in [0.4, 0.5) is 17.1 Å². The van der Waals surface area contributed by atoms with E-state index in [1.807, 2.05) is 0 Å². The van der Waals surface area contributed by atoms with Gasteiger partial charge in [0.1, 0.15) is 5.65 Å². The van der Waals surface area contributed by atoms with Crippen LogP contribution in [0.3, 0.4) is 0 Å². The molecule has 61 heavy (non-hydrogen) atoms. The highest BCUT2D eigenvalue weighted by atomic mass is 15.2. The van der Waals surface area contributed by atoms with Crippen molar-refractivity contribution in [1.82, 2.24) is 13.8 Å². The molecule has 12 aromatic rings. The summed E-state index contributed by atoms with van der Waals surface area (Å²) in [6, 6.07) is 50.1. The molecule has 12 rings (SSSR count). The molecule has 0 fully saturated rings. The summed E-state index contributed by atoms with van der Waals surface area (Å²) in [5.74, 6) is 0. The minimum atomic E-state index is -0.0990. The Balaban J connectivity index is 1.33. The number of nitrogens with zero attached hydrogens (tertiary/aromatic N) is 4. The summed E-state index contributed by atoms with van der Waals surface area (Å²) in [5, 5.41) is 12.7. The lowest BCUT2D eigenvalue weighted by Crippen LogP contribution is -2.15. The van der Waals surface area contributed by atoms with Gasteiger partial charge in [-0.05, 0) is 110 Å². The molecule has 0 N–H and O–H groups in total. The first kappa shape index (κ1) is 36.2. The zero-order valence-corrected chi connectivity index (χ0v) is 36.6. The second kappa shape index (κ2) is 12.0. The average molecular weight is 791 g/mol. The number of hydrogen-bond acceptors (Lipinski definition) is 2. The number of rotatable bonds is 3. The van der Waals surface area contributed by atoms with Crippen LogP contribution in [-0.2, 0) is 16.2 Å². The molecule has 0 amide bonds. The van der Waals surface area contributed by atoms with Gasteiger partial charge in [-0.2, -0.15) is 0 Å². The Bertz CT molecular complexity index is 3690. The summed E-state index contributed by atoms with van der Waals surface area (Å²) in [7, 11) is 0. The SMILES string of the molecule is CC(C)(C)c1ccc2c(c1)c1cc(C(C)(C)C)cc3c4c5c6cc7ccccc7c7c8cc(C(C)(C)C)cc(N(c9ccccc9)c9ccccc9)c8n(c5ncc4n2c13)c67. The van der Waals surface area contributed by atoms with Crippen molar-refractivity contribution in [3.63, 3.8) is 0 Å². The van der Waals surface area contributed by atoms with E-state index in [0.717, 1.165) is 28.2 Å². The van der Waals surface area contributed by atoms with Gasteiger partial charge >= 0.3 is 0 Å². The van der Waals surface area contributed by atoms with Crippen LogP contribution >= 0.6 is 0 Å². The first-order valence-electron chi connectivity index (χ1n) is 21.8. The van der Waals surface area contributed by atoms with E-state index in [9.17, 15) is 0 Å². The minimum absolute atomic E-state index is 0.0400. The van der Waals surface area contributed by atoms with Crippen molar-refractivity contribution in [3.8, 4) is 0 Å². The van der Waals surface area contributed by atoms with Crippen LogP contribution in [0.25, 0.3) is 87.1 Å². The van der Waals surface area contributed by atoms with Gasteiger partial charge in [0.25, 0.3) is 0 Å². The molecule has 0 atom stereocenters. The molecule has 4 nitrogen and oxygen atoms in total. The number of fused-ring (bicyclic) bond motifs is 15. The molecule has 0 unspecified atom stereocenters. The highest BCUT2D eigenvalue weighted by Gasteiger charge is 2.31. The van der Waals surface area contributed by atoms with Crippen LogP contribution in [0.15, 0.2) is 140 Å². The molecule has 4 heteroatoms. The number of anilines is 3. The van der Waals surface area contributed by atoms with E-state index in [0.29, 0.717) is 0 Å². The summed E-state index contributed by atoms with van der Waals surface area (Å²) in [6.45, 7) is 21.0. The molecule has 0 radical (unpaired) electrons. The quantitative estimate of drug-likeness (QED) is 0.178. The van der Waals surface area contributed by atoms with Crippen LogP contribution in [0.2, 0.25) is 0 Å². The number of benzene rings is 7. The van der Waals surface area contributed by atoms with E-state index in [1.54, 1.807) is 0 Å². The van der Waals surface area contributed by atoms with Gasteiger partial charge in [0.2, 0.25) is 0 Å². The van der Waals surface area contributed by atoms with Crippen molar-refractivity contribution in [2.24, 2.45) is 0 Å². The van der Waals surface area contributed by atoms with Crippen molar-refractivity contribution in [1.29, 1.82) is 0 Å². The predicted molar refractivity (Wildman–Crippen MR) is 262 cm³/mol. The van der Waals surface area contributed by atoms with Crippen molar-refractivity contribution in [2.75, 3.05) is 4.90 Å². The number of pyridine rings is 1. The largest absolute Gasteiger partial charge is 0.308 e. The van der Waals surface area contributed by atoms with E-state index >= 15 is 0 Å². The van der Waals surface area contributed by atoms with E-state index in [-0.39, 0.29) is 16.2 Å². The fourth-order valence-electron chi connectivity index (χ4n) is 10.4. The molecule has 0 saturated carbocycles. The summed E-state index contributed by atoms with van der Waals surface area (Å²) in [4.78, 5) is 8.06. The lowest BCUT2D eigenvalue weighted by molar-refractivity contribution is 0.590. The van der Waals surface area contributed by atoms with E-state index in [4.69, 9.17) is 4.98 Å². The smallest absolute Gasteiger partial charge is 0.146 e. The second-order valence-corrected chi connectivity index (χ2v) is 20.6. The first-order valence-corrected chi connectivity index (χ1v) is 21.8. The van der Waals surface area contributed by atoms with E-state index in [2.05, 4.69) is 216 Å². The molecular weight excluding hydrogens is 741 g/mol. The third-order valence-electron chi connectivity index (χ3n) is 13.6. The molecule has 5 aromatic heterocycles. The maximum Gasteiger partial charge on any atom is 0.146 e. The van der Waals surface area contributed by atoms with Crippen LogP contribution < -0.4 is 4.90 Å². The third kappa shape index (κ3) is 4.96. The van der Waals surface area contributed by atoms with Gasteiger partial charge in [-0.25, -0.2) is 4.98 Å². The maximum absolute atomic E-state index is 5.61. The van der Waals surface area contributed by atoms with Crippen LogP contribution in [0.5, 0.6) is 0 Å². The predicted octanol–water partition coefficient (Wildman–Crippen LogP) is 15.9. The monoisotopic (exact) mass is 790 g/mol. The lowest BCUT2D eigenvalue weighted by Gasteiger charge is -2.29. The van der Waals surface area contributed by atoms with Gasteiger partial charge in [0.15, 0.2) is 0 Å². The van der Waals surface area contributed by atoms with Crippen LogP contribution in [0, 0.1) is 0 Å². The third-order valence-corrected chi connectivity index (χ3v) is 13.6. The molecule has 298 valence electrons. The number of hydrogen-bond donors (Lipinski definition) is 0. The Hall–Kier alpha value is -6.65. The molecule has 0 aliphatic rings. The summed E-state index contributed by atoms with van der Waals surface area (Å²) in [5.41, 5.74) is 14.3. The Labute approximate surface area is 356 Å². The molecular formula is C57H50N4. The Morgan fingerprint density at radius 1 is 0.410 bits per heavy atom. The van der Waals surface area contributed by atoms with Gasteiger partial charge in [-0.1, -0.05) is 129 Å². The maximum atomic E-state index is 5.61. The molecule has 0 bridgehead atoms. The summed E-state index contributed by atoms with van der Waals surface area (Å²) in [6.07, 6.45) is 2.17. The summed E-state index contributed by atoms with van der Waals surface area (Å²) >= 11 is 0. The van der Waals surface area contributed by atoms with Gasteiger partial charge in [-0.15, -0.1) is 0 Å². The second-order valence-electron chi connectivity index (χ2n) is 20.6. The lowest BCUT2D eigenvalue weighted by atomic mass is 9.84. The van der Waals surface area contributed by atoms with Crippen LogP contribution in [-0.4, -0.2) is 13.8 Å². The Kier molecular flexibility index (Phi) is 7.13. The van der Waals surface area contributed by atoms with Gasteiger partial charge in [0.05, 0.1) is 39.5 Å². The molecule has 0 saturated heterocycles. The van der Waals surface area contributed by atoms with Crippen LogP contribution in [0.1, 0.15) is 79.0 Å². The fourth-order valence-corrected chi connectivity index (χ4v) is 10.4. The topological polar surface area (TPSA) is 24.9 Å². The Morgan fingerprint density at radius 3 is 1.62 bits per heavy atom. The fraction of sp³-hybridized carbons (Fsp3) is 0.211. The van der Waals surface area contributed by atoms with Gasteiger partial charge in [-0.3, -0.25) is 4.40 Å². The number of aromatic nitrogens is 3. The van der Waals surface area contributed by atoms with Gasteiger partial charge < -0.3 is 9.30 Å². The highest BCUT2D eigenvalue weighted by molar-refractivity contribution is 6.38. The molecule has 0 aliphatic carbocycles. The Morgan fingerprint density at radius 2 is 0.967 bits per heavy atom. The van der Waals surface area contributed by atoms with E-state index < -0.39 is 0 Å². The van der Waals surface area contributed by atoms with Crippen molar-refractivity contribution in [2.45, 2.75) is 78.6 Å². The molecule has 5 heterocycles. The van der Waals surface area contributed by atoms with Crippen molar-refractivity contribution in [3.05, 3.63) is 156 Å². The molecule has 7 aromatic carbocycles. The highest BCUT2D eigenvalue weighted by Crippen LogP contribution is 2.52. The van der Waals surface area contributed by atoms with Crippen molar-refractivity contribution >= 4 is 104 Å².